The Hall–Kier alpha value is -3.19. The maximum atomic E-state index is 13.3. The van der Waals surface area contributed by atoms with Crippen LogP contribution in [-0.4, -0.2) is 26.7 Å². The molecule has 158 valence electrons. The van der Waals surface area contributed by atoms with E-state index in [0.717, 1.165) is 33.1 Å². The van der Waals surface area contributed by atoms with Crippen LogP contribution in [0.25, 0.3) is 11.2 Å². The molecule has 1 amide bonds. The van der Waals surface area contributed by atoms with Crippen molar-refractivity contribution >= 4 is 34.5 Å². The molecule has 0 saturated carbocycles. The van der Waals surface area contributed by atoms with Gasteiger partial charge in [0.05, 0.1) is 6.54 Å². The van der Waals surface area contributed by atoms with E-state index in [0.29, 0.717) is 25.8 Å². The normalized spacial score (nSPS) is 11.0. The van der Waals surface area contributed by atoms with Gasteiger partial charge < -0.3 is 9.88 Å². The molecule has 4 rings (SSSR count). The predicted molar refractivity (Wildman–Crippen MR) is 123 cm³/mol. The number of anilines is 1. The molecule has 0 fully saturated rings. The maximum absolute atomic E-state index is 13.3. The minimum atomic E-state index is -0.258. The molecular weight excluding hydrogens is 411 g/mol. The van der Waals surface area contributed by atoms with Crippen molar-refractivity contribution < 1.29 is 9.18 Å². The van der Waals surface area contributed by atoms with Crippen molar-refractivity contribution in [2.24, 2.45) is 0 Å². The second-order valence-corrected chi connectivity index (χ2v) is 8.10. The first kappa shape index (κ1) is 21.1. The molecule has 0 unspecified atom stereocenters. The van der Waals surface area contributed by atoms with Gasteiger partial charge in [-0.3, -0.25) is 4.79 Å². The fourth-order valence-corrected chi connectivity index (χ4v) is 3.93. The van der Waals surface area contributed by atoms with Gasteiger partial charge in [-0.15, -0.1) is 11.8 Å². The van der Waals surface area contributed by atoms with Crippen LogP contribution in [0.5, 0.6) is 0 Å². The van der Waals surface area contributed by atoms with Crippen LogP contribution >= 0.6 is 11.8 Å². The first-order valence-electron chi connectivity index (χ1n) is 10.1. The fraction of sp³-hybridized carbons (Fsp3) is 0.208. The van der Waals surface area contributed by atoms with Crippen molar-refractivity contribution in [1.29, 1.82) is 0 Å². The number of aromatic nitrogens is 3. The van der Waals surface area contributed by atoms with E-state index in [1.807, 2.05) is 47.2 Å². The highest BCUT2D eigenvalue weighted by Crippen LogP contribution is 2.20. The van der Waals surface area contributed by atoms with Gasteiger partial charge in [-0.2, -0.15) is 0 Å². The van der Waals surface area contributed by atoms with E-state index in [1.54, 1.807) is 30.1 Å². The van der Waals surface area contributed by atoms with E-state index in [4.69, 9.17) is 4.98 Å². The van der Waals surface area contributed by atoms with Crippen LogP contribution in [0.1, 0.15) is 24.2 Å². The number of thioether (sulfide) groups is 1. The predicted octanol–water partition coefficient (Wildman–Crippen LogP) is 5.30. The molecule has 31 heavy (non-hydrogen) atoms. The summed E-state index contributed by atoms with van der Waals surface area (Å²) >= 11 is 1.64. The molecule has 2 aromatic carbocycles. The molecule has 5 nitrogen and oxygen atoms in total. The summed E-state index contributed by atoms with van der Waals surface area (Å²) in [7, 11) is 0. The molecule has 0 bridgehead atoms. The van der Waals surface area contributed by atoms with Gasteiger partial charge in [0.25, 0.3) is 0 Å². The Morgan fingerprint density at radius 3 is 2.77 bits per heavy atom. The van der Waals surface area contributed by atoms with Crippen LogP contribution < -0.4 is 5.32 Å². The maximum Gasteiger partial charge on any atom is 0.224 e. The molecule has 0 spiro atoms. The third-order valence-corrected chi connectivity index (χ3v) is 5.72. The summed E-state index contributed by atoms with van der Waals surface area (Å²) in [6, 6.07) is 18.0. The monoisotopic (exact) mass is 434 g/mol. The number of rotatable bonds is 8. The summed E-state index contributed by atoms with van der Waals surface area (Å²) in [6.07, 6.45) is 5.46. The molecule has 2 aromatic heterocycles. The van der Waals surface area contributed by atoms with Crippen LogP contribution in [-0.2, 0) is 17.8 Å². The van der Waals surface area contributed by atoms with Crippen LogP contribution in [0, 0.1) is 5.82 Å². The average molecular weight is 435 g/mol. The van der Waals surface area contributed by atoms with Crippen molar-refractivity contribution in [2.75, 3.05) is 11.6 Å². The van der Waals surface area contributed by atoms with Gasteiger partial charge in [-0.1, -0.05) is 18.2 Å². The number of pyridine rings is 1. The number of carbonyl (C=O) groups excluding carboxylic acids is 1. The summed E-state index contributed by atoms with van der Waals surface area (Å²) in [5.41, 5.74) is 3.39. The lowest BCUT2D eigenvalue weighted by Gasteiger charge is -2.10. The standard InChI is InChI=1S/C24H23FN4OS/c1-31-20-6-2-5-19(15-20)27-23(30)9-3-8-22-28-21-7-4-14-26-24(21)29(22)16-17-10-12-18(25)13-11-17/h2,4-7,10-15H,3,8-9,16H2,1H3,(H,27,30). The number of imidazole rings is 1. The number of benzene rings is 2. The first-order valence-corrected chi connectivity index (χ1v) is 11.3. The summed E-state index contributed by atoms with van der Waals surface area (Å²) in [5.74, 6) is 0.597. The second kappa shape index (κ2) is 9.75. The summed E-state index contributed by atoms with van der Waals surface area (Å²) in [4.78, 5) is 22.7. The number of nitrogens with one attached hydrogen (secondary N) is 1. The lowest BCUT2D eigenvalue weighted by Crippen LogP contribution is -2.12. The Morgan fingerprint density at radius 1 is 1.13 bits per heavy atom. The smallest absolute Gasteiger partial charge is 0.224 e. The molecule has 0 aliphatic heterocycles. The van der Waals surface area contributed by atoms with Gasteiger partial charge >= 0.3 is 0 Å². The Balaban J connectivity index is 1.44. The number of aryl methyl sites for hydroxylation is 1. The van der Waals surface area contributed by atoms with Gasteiger partial charge in [0, 0.05) is 29.6 Å². The van der Waals surface area contributed by atoms with E-state index in [2.05, 4.69) is 10.3 Å². The molecule has 1 N–H and O–H groups in total. The third-order valence-electron chi connectivity index (χ3n) is 4.99. The Bertz CT molecular complexity index is 1190. The Labute approximate surface area is 184 Å². The van der Waals surface area contributed by atoms with Crippen molar-refractivity contribution in [1.82, 2.24) is 14.5 Å². The molecular formula is C24H23FN4OS. The highest BCUT2D eigenvalue weighted by Gasteiger charge is 2.13. The van der Waals surface area contributed by atoms with Gasteiger partial charge in [0.2, 0.25) is 5.91 Å². The minimum absolute atomic E-state index is 0.0161. The van der Waals surface area contributed by atoms with Crippen LogP contribution in [0.4, 0.5) is 10.1 Å². The average Bonchev–Trinajstić information content (AvgIpc) is 3.12. The van der Waals surface area contributed by atoms with Crippen molar-refractivity contribution in [2.45, 2.75) is 30.7 Å². The van der Waals surface area contributed by atoms with Crippen LogP contribution in [0.15, 0.2) is 71.8 Å². The van der Waals surface area contributed by atoms with Gasteiger partial charge in [0.1, 0.15) is 17.2 Å². The van der Waals surface area contributed by atoms with E-state index in [-0.39, 0.29) is 11.7 Å². The zero-order valence-corrected chi connectivity index (χ0v) is 18.0. The number of hydrogen-bond donors (Lipinski definition) is 1. The largest absolute Gasteiger partial charge is 0.326 e. The zero-order valence-electron chi connectivity index (χ0n) is 17.2. The van der Waals surface area contributed by atoms with Crippen molar-refractivity contribution in [3.8, 4) is 0 Å². The van der Waals surface area contributed by atoms with Gasteiger partial charge in [-0.25, -0.2) is 14.4 Å². The van der Waals surface area contributed by atoms with E-state index in [1.165, 1.54) is 12.1 Å². The Kier molecular flexibility index (Phi) is 6.62. The molecule has 0 aliphatic rings. The van der Waals surface area contributed by atoms with Crippen molar-refractivity contribution in [3.63, 3.8) is 0 Å². The number of hydrogen-bond acceptors (Lipinski definition) is 4. The molecule has 2 heterocycles. The van der Waals surface area contributed by atoms with E-state index < -0.39 is 0 Å². The molecule has 0 aliphatic carbocycles. The lowest BCUT2D eigenvalue weighted by atomic mass is 10.2. The zero-order chi connectivity index (χ0) is 21.6. The fourth-order valence-electron chi connectivity index (χ4n) is 3.47. The number of fused-ring (bicyclic) bond motifs is 1. The summed E-state index contributed by atoms with van der Waals surface area (Å²) in [5, 5.41) is 2.96. The van der Waals surface area contributed by atoms with Gasteiger partial charge in [-0.05, 0) is 60.7 Å². The molecule has 7 heteroatoms. The number of amides is 1. The topological polar surface area (TPSA) is 59.8 Å². The quantitative estimate of drug-likeness (QED) is 0.382. The Morgan fingerprint density at radius 2 is 1.97 bits per heavy atom. The summed E-state index contributed by atoms with van der Waals surface area (Å²) < 4.78 is 15.3. The van der Waals surface area contributed by atoms with E-state index in [9.17, 15) is 9.18 Å². The SMILES string of the molecule is CSc1cccc(NC(=O)CCCc2nc3cccnc3n2Cc2ccc(F)cc2)c1. The summed E-state index contributed by atoms with van der Waals surface area (Å²) in [6.45, 7) is 0.552. The number of nitrogens with zero attached hydrogens (tertiary/aromatic N) is 3. The number of carbonyl (C=O) groups is 1. The third kappa shape index (κ3) is 5.30. The second-order valence-electron chi connectivity index (χ2n) is 7.22. The highest BCUT2D eigenvalue weighted by molar-refractivity contribution is 7.98. The molecule has 0 radical (unpaired) electrons. The van der Waals surface area contributed by atoms with Gasteiger partial charge in [0.15, 0.2) is 5.65 Å². The molecule has 0 saturated heterocycles. The lowest BCUT2D eigenvalue weighted by molar-refractivity contribution is -0.116. The van der Waals surface area contributed by atoms with Crippen LogP contribution in [0.3, 0.4) is 0 Å². The van der Waals surface area contributed by atoms with E-state index >= 15 is 0 Å². The van der Waals surface area contributed by atoms with Crippen LogP contribution in [0.2, 0.25) is 0 Å². The molecule has 4 aromatic rings. The highest BCUT2D eigenvalue weighted by atomic mass is 32.2. The molecule has 0 atom stereocenters. The number of halogens is 1. The minimum Gasteiger partial charge on any atom is -0.326 e. The van der Waals surface area contributed by atoms with Crippen molar-refractivity contribution in [3.05, 3.63) is 84.1 Å². The first-order chi connectivity index (χ1) is 15.1.